The molecular weight excluding hydrogens is 334 g/mol. The van der Waals surface area contributed by atoms with E-state index in [1.807, 2.05) is 12.1 Å². The molecule has 0 radical (unpaired) electrons. The summed E-state index contributed by atoms with van der Waals surface area (Å²) in [4.78, 5) is 33.2. The summed E-state index contributed by atoms with van der Waals surface area (Å²) in [6.07, 6.45) is 6.58. The van der Waals surface area contributed by atoms with Crippen LogP contribution in [0.2, 0.25) is 0 Å². The molecule has 0 unspecified atom stereocenters. The Labute approximate surface area is 147 Å². The van der Waals surface area contributed by atoms with Gasteiger partial charge in [0.1, 0.15) is 5.56 Å². The van der Waals surface area contributed by atoms with Crippen LogP contribution in [0.1, 0.15) is 21.6 Å². The fraction of sp³-hybridized carbons (Fsp3) is 0.167. The summed E-state index contributed by atoms with van der Waals surface area (Å²) < 4.78 is 7.90. The maximum atomic E-state index is 12.8. The largest absolute Gasteiger partial charge is 0.465 e. The van der Waals surface area contributed by atoms with E-state index >= 15 is 0 Å². The molecule has 8 nitrogen and oxygen atoms in total. The van der Waals surface area contributed by atoms with Crippen LogP contribution < -0.4 is 5.56 Å². The van der Waals surface area contributed by atoms with Gasteiger partial charge in [0.25, 0.3) is 5.56 Å². The minimum atomic E-state index is -0.505. The molecule has 4 aromatic heterocycles. The van der Waals surface area contributed by atoms with E-state index < -0.39 is 5.97 Å². The summed E-state index contributed by atoms with van der Waals surface area (Å²) in [5, 5.41) is 4.78. The number of ether oxygens (including phenoxy) is 1. The molecule has 0 aliphatic heterocycles. The molecular formula is C18H15N5O3. The molecule has 0 aliphatic rings. The Morgan fingerprint density at radius 2 is 2.12 bits per heavy atom. The van der Waals surface area contributed by atoms with Gasteiger partial charge in [-0.15, -0.1) is 0 Å². The predicted octanol–water partition coefficient (Wildman–Crippen LogP) is 1.58. The number of rotatable bonds is 3. The number of hydrogen-bond acceptors (Lipinski definition) is 6. The van der Waals surface area contributed by atoms with E-state index in [-0.39, 0.29) is 5.56 Å². The molecule has 4 aromatic rings. The minimum Gasteiger partial charge on any atom is -0.465 e. The highest BCUT2D eigenvalue weighted by molar-refractivity contribution is 5.98. The number of nitrogens with zero attached hydrogens (tertiary/aromatic N) is 5. The van der Waals surface area contributed by atoms with Crippen molar-refractivity contribution < 1.29 is 9.53 Å². The van der Waals surface area contributed by atoms with Crippen molar-refractivity contribution >= 4 is 22.5 Å². The predicted molar refractivity (Wildman–Crippen MR) is 94.2 cm³/mol. The summed E-state index contributed by atoms with van der Waals surface area (Å²) in [6, 6.07) is 5.52. The number of methoxy groups -OCH3 is 1. The van der Waals surface area contributed by atoms with Crippen molar-refractivity contribution in [2.75, 3.05) is 7.11 Å². The first-order valence-electron chi connectivity index (χ1n) is 7.95. The van der Waals surface area contributed by atoms with Crippen LogP contribution in [-0.2, 0) is 11.3 Å². The number of pyridine rings is 2. The number of carbonyl (C=O) groups is 1. The van der Waals surface area contributed by atoms with Crippen LogP contribution in [0.25, 0.3) is 16.6 Å². The van der Waals surface area contributed by atoms with Crippen molar-refractivity contribution in [3.63, 3.8) is 0 Å². The van der Waals surface area contributed by atoms with Crippen LogP contribution in [0.5, 0.6) is 0 Å². The molecule has 0 fully saturated rings. The molecule has 0 saturated heterocycles. The third-order valence-corrected chi connectivity index (χ3v) is 4.22. The maximum Gasteiger partial charge on any atom is 0.343 e. The Hall–Kier alpha value is -3.55. The number of esters is 1. The van der Waals surface area contributed by atoms with Gasteiger partial charge < -0.3 is 9.30 Å². The van der Waals surface area contributed by atoms with Crippen LogP contribution in [-0.4, -0.2) is 37.2 Å². The Bertz CT molecular complexity index is 1190. The van der Waals surface area contributed by atoms with Crippen molar-refractivity contribution in [1.82, 2.24) is 24.1 Å². The zero-order valence-electron chi connectivity index (χ0n) is 14.2. The number of aromatic nitrogens is 5. The van der Waals surface area contributed by atoms with Gasteiger partial charge in [-0.2, -0.15) is 5.10 Å². The zero-order chi connectivity index (χ0) is 18.3. The molecule has 26 heavy (non-hydrogen) atoms. The van der Waals surface area contributed by atoms with Gasteiger partial charge in [-0.05, 0) is 24.6 Å². The molecule has 4 heterocycles. The molecule has 0 atom stereocenters. The first-order chi connectivity index (χ1) is 12.6. The van der Waals surface area contributed by atoms with Gasteiger partial charge in [-0.3, -0.25) is 9.78 Å². The number of carbonyl (C=O) groups excluding carboxylic acids is 1. The zero-order valence-corrected chi connectivity index (χ0v) is 14.2. The summed E-state index contributed by atoms with van der Waals surface area (Å²) >= 11 is 0. The molecule has 0 saturated carbocycles. The van der Waals surface area contributed by atoms with E-state index in [2.05, 4.69) is 15.1 Å². The smallest absolute Gasteiger partial charge is 0.343 e. The summed E-state index contributed by atoms with van der Waals surface area (Å²) in [7, 11) is 1.31. The van der Waals surface area contributed by atoms with E-state index in [0.717, 1.165) is 5.56 Å². The second kappa shape index (κ2) is 6.07. The van der Waals surface area contributed by atoms with E-state index in [1.54, 1.807) is 36.1 Å². The molecule has 0 N–H and O–H groups in total. The van der Waals surface area contributed by atoms with Crippen molar-refractivity contribution in [3.05, 3.63) is 70.2 Å². The highest BCUT2D eigenvalue weighted by Crippen LogP contribution is 2.18. The lowest BCUT2D eigenvalue weighted by Crippen LogP contribution is -2.21. The molecule has 8 heteroatoms. The van der Waals surface area contributed by atoms with Crippen molar-refractivity contribution in [2.24, 2.45) is 0 Å². The third-order valence-electron chi connectivity index (χ3n) is 4.22. The quantitative estimate of drug-likeness (QED) is 0.522. The maximum absolute atomic E-state index is 12.8. The lowest BCUT2D eigenvalue weighted by atomic mass is 10.2. The van der Waals surface area contributed by atoms with Gasteiger partial charge in [0.2, 0.25) is 0 Å². The van der Waals surface area contributed by atoms with E-state index in [0.29, 0.717) is 34.4 Å². The van der Waals surface area contributed by atoms with Gasteiger partial charge in [-0.1, -0.05) is 6.07 Å². The Kier molecular flexibility index (Phi) is 3.72. The number of fused-ring (bicyclic) bond motifs is 3. The van der Waals surface area contributed by atoms with E-state index in [1.165, 1.54) is 17.8 Å². The molecule has 0 amide bonds. The molecule has 0 aliphatic carbocycles. The minimum absolute atomic E-state index is 0.187. The lowest BCUT2D eigenvalue weighted by Gasteiger charge is -2.08. The summed E-state index contributed by atoms with van der Waals surface area (Å²) in [6.45, 7) is 2.11. The lowest BCUT2D eigenvalue weighted by molar-refractivity contribution is 0.0602. The Morgan fingerprint density at radius 1 is 1.27 bits per heavy atom. The first kappa shape index (κ1) is 15.9. The van der Waals surface area contributed by atoms with E-state index in [4.69, 9.17) is 4.74 Å². The second-order valence-electron chi connectivity index (χ2n) is 5.85. The van der Waals surface area contributed by atoms with Gasteiger partial charge in [0, 0.05) is 24.8 Å². The Morgan fingerprint density at radius 3 is 2.85 bits per heavy atom. The van der Waals surface area contributed by atoms with Crippen LogP contribution in [0.3, 0.4) is 0 Å². The van der Waals surface area contributed by atoms with Crippen molar-refractivity contribution in [3.8, 4) is 0 Å². The monoisotopic (exact) mass is 349 g/mol. The number of aryl methyl sites for hydroxylation is 1. The standard InChI is InChI=1S/C18H15N5O3/c1-11-15(18(25)26-2)16-20-9-13-14(23(16)21-11)5-7-22(17(13)24)10-12-4-3-6-19-8-12/h3-9H,10H2,1-2H3. The highest BCUT2D eigenvalue weighted by Gasteiger charge is 2.20. The van der Waals surface area contributed by atoms with Crippen molar-refractivity contribution in [1.29, 1.82) is 0 Å². The topological polar surface area (TPSA) is 91.4 Å². The normalized spacial score (nSPS) is 11.2. The highest BCUT2D eigenvalue weighted by atomic mass is 16.5. The van der Waals surface area contributed by atoms with Gasteiger partial charge in [0.15, 0.2) is 5.65 Å². The van der Waals surface area contributed by atoms with Crippen LogP contribution in [0, 0.1) is 6.92 Å². The van der Waals surface area contributed by atoms with Crippen molar-refractivity contribution in [2.45, 2.75) is 13.5 Å². The summed E-state index contributed by atoms with van der Waals surface area (Å²) in [5.74, 6) is -0.505. The van der Waals surface area contributed by atoms with Crippen LogP contribution in [0.4, 0.5) is 0 Å². The first-order valence-corrected chi connectivity index (χ1v) is 7.95. The average molecular weight is 349 g/mol. The molecule has 0 spiro atoms. The van der Waals surface area contributed by atoms with E-state index in [9.17, 15) is 9.59 Å². The SMILES string of the molecule is COC(=O)c1c(C)nn2c1ncc1c(=O)n(Cc3cccnc3)ccc12. The van der Waals surface area contributed by atoms with Gasteiger partial charge >= 0.3 is 5.97 Å². The third kappa shape index (κ3) is 2.43. The van der Waals surface area contributed by atoms with Crippen LogP contribution in [0.15, 0.2) is 47.8 Å². The fourth-order valence-electron chi connectivity index (χ4n) is 2.97. The number of hydrogen-bond donors (Lipinski definition) is 0. The molecule has 0 aromatic carbocycles. The average Bonchev–Trinajstić information content (AvgIpc) is 3.00. The molecule has 4 rings (SSSR count). The summed E-state index contributed by atoms with van der Waals surface area (Å²) in [5.41, 5.74) is 2.48. The van der Waals surface area contributed by atoms with Gasteiger partial charge in [-0.25, -0.2) is 14.3 Å². The Balaban J connectivity index is 1.90. The second-order valence-corrected chi connectivity index (χ2v) is 5.85. The fourth-order valence-corrected chi connectivity index (χ4v) is 2.97. The van der Waals surface area contributed by atoms with Gasteiger partial charge in [0.05, 0.1) is 30.3 Å². The molecule has 130 valence electrons. The van der Waals surface area contributed by atoms with Crippen LogP contribution >= 0.6 is 0 Å². The molecule has 0 bridgehead atoms.